The molecule has 0 saturated heterocycles. The monoisotopic (exact) mass is 175 g/mol. The Morgan fingerprint density at radius 2 is 2.17 bits per heavy atom. The molecule has 2 aromatic heterocycles. The van der Waals surface area contributed by atoms with Crippen LogP contribution in [-0.2, 0) is 0 Å². The van der Waals surface area contributed by atoms with E-state index < -0.39 is 0 Å². The first-order valence-electron chi connectivity index (χ1n) is 3.66. The lowest BCUT2D eigenvalue weighted by Crippen LogP contribution is -1.63. The van der Waals surface area contributed by atoms with Gasteiger partial charge in [0.1, 0.15) is 11.1 Å². The van der Waals surface area contributed by atoms with Gasteiger partial charge in [0, 0.05) is 5.39 Å². The molecule has 0 aliphatic carbocycles. The molecule has 0 unspecified atom stereocenters. The van der Waals surface area contributed by atoms with E-state index in [4.69, 9.17) is 4.42 Å². The molecule has 0 aliphatic rings. The van der Waals surface area contributed by atoms with Crippen LogP contribution in [0.15, 0.2) is 34.2 Å². The summed E-state index contributed by atoms with van der Waals surface area (Å²) in [6, 6.07) is 7.96. The van der Waals surface area contributed by atoms with Crippen LogP contribution in [0.2, 0.25) is 0 Å². The maximum absolute atomic E-state index is 5.55. The van der Waals surface area contributed by atoms with Crippen LogP contribution in [0.5, 0.6) is 0 Å². The molecule has 0 aliphatic heterocycles. The average Bonchev–Trinajstić information content (AvgIpc) is 2.62. The first kappa shape index (κ1) is 6.20. The number of hydrogen-bond donors (Lipinski definition) is 0. The summed E-state index contributed by atoms with van der Waals surface area (Å²) in [6.45, 7) is 0. The summed E-state index contributed by atoms with van der Waals surface area (Å²) in [5.74, 6) is 0. The molecule has 0 bridgehead atoms. The standard InChI is InChI=1S/C9H5NOS/c1-2-4-7-6(3-1)8-9(11-7)12-5-10-8/h1-5H. The highest BCUT2D eigenvalue weighted by molar-refractivity contribution is 7.16. The number of furan rings is 1. The summed E-state index contributed by atoms with van der Waals surface area (Å²) in [5, 5.41) is 1.11. The number of para-hydroxylation sites is 1. The Kier molecular flexibility index (Phi) is 1.07. The van der Waals surface area contributed by atoms with Gasteiger partial charge >= 0.3 is 0 Å². The predicted molar refractivity (Wildman–Crippen MR) is 49.4 cm³/mol. The lowest BCUT2D eigenvalue weighted by molar-refractivity contribution is 0.677. The lowest BCUT2D eigenvalue weighted by atomic mass is 10.2. The summed E-state index contributed by atoms with van der Waals surface area (Å²) in [5.41, 5.74) is 3.71. The molecular formula is C9H5NOS. The van der Waals surface area contributed by atoms with Crippen LogP contribution in [0.4, 0.5) is 0 Å². The number of rotatable bonds is 0. The van der Waals surface area contributed by atoms with Gasteiger partial charge in [0.05, 0.1) is 5.51 Å². The number of hydrogen-bond acceptors (Lipinski definition) is 3. The number of fused-ring (bicyclic) bond motifs is 3. The molecule has 0 saturated carbocycles. The molecule has 3 aromatic rings. The Morgan fingerprint density at radius 3 is 3.17 bits per heavy atom. The number of thiazole rings is 1. The average molecular weight is 175 g/mol. The molecular weight excluding hydrogens is 170 g/mol. The van der Waals surface area contributed by atoms with Gasteiger partial charge in [-0.3, -0.25) is 0 Å². The minimum atomic E-state index is 0.913. The quantitative estimate of drug-likeness (QED) is 0.525. The Labute approximate surface area is 72.4 Å². The zero-order valence-corrected chi connectivity index (χ0v) is 6.97. The predicted octanol–water partition coefficient (Wildman–Crippen LogP) is 3.04. The maximum Gasteiger partial charge on any atom is 0.208 e. The van der Waals surface area contributed by atoms with E-state index in [2.05, 4.69) is 4.98 Å². The van der Waals surface area contributed by atoms with E-state index in [1.165, 1.54) is 11.3 Å². The first-order valence-corrected chi connectivity index (χ1v) is 4.54. The summed E-state index contributed by atoms with van der Waals surface area (Å²) in [4.78, 5) is 5.14. The van der Waals surface area contributed by atoms with Crippen molar-refractivity contribution in [2.45, 2.75) is 0 Å². The molecule has 0 N–H and O–H groups in total. The largest absolute Gasteiger partial charge is 0.444 e. The molecule has 0 fully saturated rings. The lowest BCUT2D eigenvalue weighted by Gasteiger charge is -1.82. The summed E-state index contributed by atoms with van der Waals surface area (Å²) >= 11 is 1.54. The van der Waals surface area contributed by atoms with Crippen LogP contribution in [0.1, 0.15) is 0 Å². The van der Waals surface area contributed by atoms with Crippen molar-refractivity contribution in [2.75, 3.05) is 0 Å². The number of benzene rings is 1. The van der Waals surface area contributed by atoms with Gasteiger partial charge in [0.15, 0.2) is 0 Å². The van der Waals surface area contributed by atoms with Crippen molar-refractivity contribution in [2.24, 2.45) is 0 Å². The van der Waals surface area contributed by atoms with Gasteiger partial charge in [-0.05, 0) is 12.1 Å². The van der Waals surface area contributed by atoms with Crippen molar-refractivity contribution in [3.05, 3.63) is 29.8 Å². The van der Waals surface area contributed by atoms with Gasteiger partial charge in [-0.2, -0.15) is 0 Å². The molecule has 0 spiro atoms. The fourth-order valence-corrected chi connectivity index (χ4v) is 2.00. The molecule has 2 nitrogen and oxygen atoms in total. The SMILES string of the molecule is c1ccc2c(c1)oc1scnc12. The van der Waals surface area contributed by atoms with Crippen LogP contribution in [0, 0.1) is 0 Å². The highest BCUT2D eigenvalue weighted by atomic mass is 32.1. The van der Waals surface area contributed by atoms with Crippen LogP contribution >= 0.6 is 11.3 Å². The Hall–Kier alpha value is -1.35. The summed E-state index contributed by atoms with van der Waals surface area (Å²) < 4.78 is 5.55. The van der Waals surface area contributed by atoms with Crippen LogP contribution in [0.3, 0.4) is 0 Å². The number of aromatic nitrogens is 1. The maximum atomic E-state index is 5.55. The fourth-order valence-electron chi connectivity index (χ4n) is 1.34. The third-order valence-corrected chi connectivity index (χ3v) is 2.58. The van der Waals surface area contributed by atoms with Crippen LogP contribution in [0.25, 0.3) is 21.4 Å². The molecule has 3 heteroatoms. The van der Waals surface area contributed by atoms with Crippen molar-refractivity contribution >= 4 is 32.7 Å². The van der Waals surface area contributed by atoms with E-state index in [1.807, 2.05) is 24.3 Å². The zero-order valence-electron chi connectivity index (χ0n) is 6.15. The van der Waals surface area contributed by atoms with Gasteiger partial charge in [-0.15, -0.1) is 0 Å². The normalized spacial score (nSPS) is 11.3. The van der Waals surface area contributed by atoms with Crippen molar-refractivity contribution in [3.63, 3.8) is 0 Å². The molecule has 0 amide bonds. The second kappa shape index (κ2) is 2.08. The van der Waals surface area contributed by atoms with E-state index in [9.17, 15) is 0 Å². The summed E-state index contributed by atoms with van der Waals surface area (Å²) in [7, 11) is 0. The molecule has 0 radical (unpaired) electrons. The van der Waals surface area contributed by atoms with Crippen LogP contribution < -0.4 is 0 Å². The van der Waals surface area contributed by atoms with E-state index in [-0.39, 0.29) is 0 Å². The third-order valence-electron chi connectivity index (χ3n) is 1.88. The topological polar surface area (TPSA) is 26.0 Å². The second-order valence-electron chi connectivity index (χ2n) is 2.59. The molecule has 3 rings (SSSR count). The Balaban J connectivity index is 2.68. The smallest absolute Gasteiger partial charge is 0.208 e. The highest BCUT2D eigenvalue weighted by Crippen LogP contribution is 2.29. The Bertz CT molecular complexity index is 536. The zero-order chi connectivity index (χ0) is 7.97. The van der Waals surface area contributed by atoms with Gasteiger partial charge in [0.25, 0.3) is 0 Å². The minimum absolute atomic E-state index is 0.913. The molecule has 2 heterocycles. The van der Waals surface area contributed by atoms with E-state index in [0.717, 1.165) is 21.4 Å². The second-order valence-corrected chi connectivity index (χ2v) is 3.40. The fraction of sp³-hybridized carbons (Fsp3) is 0. The van der Waals surface area contributed by atoms with E-state index in [0.29, 0.717) is 0 Å². The highest BCUT2D eigenvalue weighted by Gasteiger charge is 2.06. The van der Waals surface area contributed by atoms with Crippen LogP contribution in [-0.4, -0.2) is 4.98 Å². The van der Waals surface area contributed by atoms with Gasteiger partial charge in [0.2, 0.25) is 4.90 Å². The van der Waals surface area contributed by atoms with Gasteiger partial charge < -0.3 is 4.42 Å². The van der Waals surface area contributed by atoms with Crippen molar-refractivity contribution in [1.29, 1.82) is 0 Å². The van der Waals surface area contributed by atoms with E-state index >= 15 is 0 Å². The van der Waals surface area contributed by atoms with Gasteiger partial charge in [-0.1, -0.05) is 23.5 Å². The van der Waals surface area contributed by atoms with Crippen molar-refractivity contribution in [1.82, 2.24) is 4.98 Å². The minimum Gasteiger partial charge on any atom is -0.444 e. The van der Waals surface area contributed by atoms with E-state index in [1.54, 1.807) is 5.51 Å². The Morgan fingerprint density at radius 1 is 1.25 bits per heavy atom. The van der Waals surface area contributed by atoms with Crippen molar-refractivity contribution in [3.8, 4) is 0 Å². The molecule has 12 heavy (non-hydrogen) atoms. The first-order chi connectivity index (χ1) is 5.95. The van der Waals surface area contributed by atoms with Gasteiger partial charge in [-0.25, -0.2) is 4.98 Å². The third kappa shape index (κ3) is 0.662. The molecule has 1 aromatic carbocycles. The number of nitrogens with zero attached hydrogens (tertiary/aromatic N) is 1. The molecule has 58 valence electrons. The van der Waals surface area contributed by atoms with Crippen molar-refractivity contribution < 1.29 is 4.42 Å². The summed E-state index contributed by atoms with van der Waals surface area (Å²) in [6.07, 6.45) is 0. The molecule has 0 atom stereocenters.